The lowest BCUT2D eigenvalue weighted by molar-refractivity contribution is -0.111. The molecule has 5 nitrogen and oxygen atoms in total. The summed E-state index contributed by atoms with van der Waals surface area (Å²) in [5.74, 6) is -1.58. The summed E-state index contributed by atoms with van der Waals surface area (Å²) in [6.45, 7) is 0. The van der Waals surface area contributed by atoms with Gasteiger partial charge >= 0.3 is 5.97 Å². The molecule has 0 fully saturated rings. The van der Waals surface area contributed by atoms with Crippen LogP contribution in [0.15, 0.2) is 48.5 Å². The summed E-state index contributed by atoms with van der Waals surface area (Å²) in [6, 6.07) is 12.0. The Balaban J connectivity index is 2.09. The maximum absolute atomic E-state index is 12.0. The number of anilines is 2. The zero-order valence-electron chi connectivity index (χ0n) is 13.3. The van der Waals surface area contributed by atoms with Crippen molar-refractivity contribution in [2.75, 3.05) is 24.3 Å². The Morgan fingerprint density at radius 3 is 2.38 bits per heavy atom. The maximum atomic E-state index is 12.0. The lowest BCUT2D eigenvalue weighted by Crippen LogP contribution is -2.12. The summed E-state index contributed by atoms with van der Waals surface area (Å²) in [6.07, 6.45) is 3.01. The second kappa shape index (κ2) is 7.66. The average molecular weight is 345 g/mol. The predicted molar refractivity (Wildman–Crippen MR) is 96.8 cm³/mol. The minimum atomic E-state index is -1.16. The van der Waals surface area contributed by atoms with Crippen LogP contribution in [0.5, 0.6) is 0 Å². The van der Waals surface area contributed by atoms with E-state index in [1.165, 1.54) is 24.3 Å². The van der Waals surface area contributed by atoms with Gasteiger partial charge in [0.1, 0.15) is 0 Å². The molecule has 2 N–H and O–H groups in total. The average Bonchev–Trinajstić information content (AvgIpc) is 2.54. The molecule has 0 saturated carbocycles. The molecule has 0 heterocycles. The molecule has 0 bridgehead atoms. The van der Waals surface area contributed by atoms with Gasteiger partial charge in [-0.1, -0.05) is 23.7 Å². The Morgan fingerprint density at radius 1 is 1.12 bits per heavy atom. The highest BCUT2D eigenvalue weighted by Gasteiger charge is 2.12. The van der Waals surface area contributed by atoms with Gasteiger partial charge < -0.3 is 15.3 Å². The van der Waals surface area contributed by atoms with E-state index in [0.717, 1.165) is 11.3 Å². The van der Waals surface area contributed by atoms with Gasteiger partial charge in [0.05, 0.1) is 11.3 Å². The Bertz CT molecular complexity index is 783. The van der Waals surface area contributed by atoms with Gasteiger partial charge in [0.25, 0.3) is 0 Å². The van der Waals surface area contributed by atoms with Gasteiger partial charge in [-0.05, 0) is 42.0 Å². The standard InChI is InChI=1S/C18H17ClN2O3/c1-21(2)14-7-3-12(4-8-14)5-10-17(22)20-16-9-6-13(19)11-15(16)18(23)24/h3-11H,1-2H3,(H,20,22)(H,23,24). The molecule has 24 heavy (non-hydrogen) atoms. The predicted octanol–water partition coefficient (Wildman–Crippen LogP) is 3.76. The summed E-state index contributed by atoms with van der Waals surface area (Å²) in [5, 5.41) is 12.0. The number of benzene rings is 2. The second-order valence-corrected chi connectivity index (χ2v) is 5.74. The zero-order chi connectivity index (χ0) is 17.7. The van der Waals surface area contributed by atoms with Gasteiger partial charge in [-0.2, -0.15) is 0 Å². The largest absolute Gasteiger partial charge is 0.478 e. The fraction of sp³-hybridized carbons (Fsp3) is 0.111. The molecule has 0 unspecified atom stereocenters. The van der Waals surface area contributed by atoms with Crippen molar-refractivity contribution in [2.24, 2.45) is 0 Å². The number of nitrogens with zero attached hydrogens (tertiary/aromatic N) is 1. The van der Waals surface area contributed by atoms with E-state index >= 15 is 0 Å². The summed E-state index contributed by atoms with van der Waals surface area (Å²) >= 11 is 5.78. The van der Waals surface area contributed by atoms with Crippen LogP contribution in [0.25, 0.3) is 6.08 Å². The first kappa shape index (κ1) is 17.6. The SMILES string of the molecule is CN(C)c1ccc(C=CC(=O)Nc2ccc(Cl)cc2C(=O)O)cc1. The fourth-order valence-electron chi connectivity index (χ4n) is 2.03. The van der Waals surface area contributed by atoms with Crippen molar-refractivity contribution in [1.29, 1.82) is 0 Å². The number of halogens is 1. The van der Waals surface area contributed by atoms with E-state index in [1.54, 1.807) is 6.08 Å². The normalized spacial score (nSPS) is 10.6. The molecule has 2 aromatic carbocycles. The molecule has 0 spiro atoms. The highest BCUT2D eigenvalue weighted by molar-refractivity contribution is 6.31. The fourth-order valence-corrected chi connectivity index (χ4v) is 2.20. The van der Waals surface area contributed by atoms with Crippen LogP contribution in [0.2, 0.25) is 5.02 Å². The third-order valence-corrected chi connectivity index (χ3v) is 3.54. The van der Waals surface area contributed by atoms with Gasteiger partial charge in [0.15, 0.2) is 0 Å². The topological polar surface area (TPSA) is 69.6 Å². The number of hydrogen-bond donors (Lipinski definition) is 2. The second-order valence-electron chi connectivity index (χ2n) is 5.30. The van der Waals surface area contributed by atoms with Gasteiger partial charge in [-0.25, -0.2) is 4.79 Å². The lowest BCUT2D eigenvalue weighted by Gasteiger charge is -2.11. The Morgan fingerprint density at radius 2 is 1.79 bits per heavy atom. The Labute approximate surface area is 145 Å². The molecule has 0 aromatic heterocycles. The van der Waals surface area contributed by atoms with Gasteiger partial charge in [-0.3, -0.25) is 4.79 Å². The molecule has 0 radical (unpaired) electrons. The maximum Gasteiger partial charge on any atom is 0.337 e. The monoisotopic (exact) mass is 344 g/mol. The summed E-state index contributed by atoms with van der Waals surface area (Å²) in [5.41, 5.74) is 2.07. The summed E-state index contributed by atoms with van der Waals surface area (Å²) in [4.78, 5) is 25.2. The van der Waals surface area contributed by atoms with Crippen molar-refractivity contribution < 1.29 is 14.7 Å². The van der Waals surface area contributed by atoms with E-state index in [1.807, 2.05) is 43.3 Å². The third kappa shape index (κ3) is 4.60. The number of carboxylic acid groups (broad SMARTS) is 1. The third-order valence-electron chi connectivity index (χ3n) is 3.31. The molecule has 2 aromatic rings. The zero-order valence-corrected chi connectivity index (χ0v) is 14.0. The Hall–Kier alpha value is -2.79. The van der Waals surface area contributed by atoms with Crippen molar-refractivity contribution in [2.45, 2.75) is 0 Å². The van der Waals surface area contributed by atoms with Crippen molar-refractivity contribution in [1.82, 2.24) is 0 Å². The molecule has 0 aliphatic rings. The number of carbonyl (C=O) groups excluding carboxylic acids is 1. The van der Waals surface area contributed by atoms with Crippen molar-refractivity contribution in [3.63, 3.8) is 0 Å². The van der Waals surface area contributed by atoms with Crippen LogP contribution < -0.4 is 10.2 Å². The molecule has 2 rings (SSSR count). The van der Waals surface area contributed by atoms with E-state index in [4.69, 9.17) is 16.7 Å². The highest BCUT2D eigenvalue weighted by atomic mass is 35.5. The number of nitrogens with one attached hydrogen (secondary N) is 1. The molecule has 124 valence electrons. The van der Waals surface area contributed by atoms with Crippen molar-refractivity contribution in [3.05, 3.63) is 64.7 Å². The number of aromatic carboxylic acids is 1. The minimum absolute atomic E-state index is 0.0559. The molecular formula is C18H17ClN2O3. The van der Waals surface area contributed by atoms with Crippen LogP contribution in [-0.2, 0) is 4.79 Å². The summed E-state index contributed by atoms with van der Waals surface area (Å²) in [7, 11) is 3.90. The first-order valence-corrected chi connectivity index (χ1v) is 7.54. The van der Waals surface area contributed by atoms with Crippen LogP contribution >= 0.6 is 11.6 Å². The van der Waals surface area contributed by atoms with Gasteiger partial charge in [-0.15, -0.1) is 0 Å². The van der Waals surface area contributed by atoms with Crippen LogP contribution in [0.3, 0.4) is 0 Å². The highest BCUT2D eigenvalue weighted by Crippen LogP contribution is 2.21. The number of carbonyl (C=O) groups is 2. The number of rotatable bonds is 5. The van der Waals surface area contributed by atoms with Gasteiger partial charge in [0, 0.05) is 30.9 Å². The van der Waals surface area contributed by atoms with Crippen LogP contribution in [0.4, 0.5) is 11.4 Å². The number of hydrogen-bond acceptors (Lipinski definition) is 3. The molecule has 6 heteroatoms. The lowest BCUT2D eigenvalue weighted by atomic mass is 10.1. The minimum Gasteiger partial charge on any atom is -0.478 e. The van der Waals surface area contributed by atoms with Crippen molar-refractivity contribution >= 4 is 40.9 Å². The van der Waals surface area contributed by atoms with Crippen LogP contribution in [0.1, 0.15) is 15.9 Å². The first-order chi connectivity index (χ1) is 11.4. The van der Waals surface area contributed by atoms with Crippen molar-refractivity contribution in [3.8, 4) is 0 Å². The quantitative estimate of drug-likeness (QED) is 0.810. The summed E-state index contributed by atoms with van der Waals surface area (Å²) < 4.78 is 0. The number of amides is 1. The van der Waals surface area contributed by atoms with E-state index in [2.05, 4.69) is 5.32 Å². The molecular weight excluding hydrogens is 328 g/mol. The molecule has 0 saturated heterocycles. The molecule has 0 aliphatic heterocycles. The molecule has 1 amide bonds. The Kier molecular flexibility index (Phi) is 5.60. The first-order valence-electron chi connectivity index (χ1n) is 7.16. The van der Waals surface area contributed by atoms with Crippen LogP contribution in [-0.4, -0.2) is 31.1 Å². The molecule has 0 aliphatic carbocycles. The number of carboxylic acids is 1. The van der Waals surface area contributed by atoms with E-state index in [-0.39, 0.29) is 11.3 Å². The van der Waals surface area contributed by atoms with E-state index in [9.17, 15) is 9.59 Å². The van der Waals surface area contributed by atoms with Gasteiger partial charge in [0.2, 0.25) is 5.91 Å². The molecule has 0 atom stereocenters. The van der Waals surface area contributed by atoms with Crippen LogP contribution in [0, 0.1) is 0 Å². The van der Waals surface area contributed by atoms with E-state index < -0.39 is 11.9 Å². The smallest absolute Gasteiger partial charge is 0.337 e. The van der Waals surface area contributed by atoms with E-state index in [0.29, 0.717) is 5.02 Å².